The number of amides is 1. The van der Waals surface area contributed by atoms with Gasteiger partial charge < -0.3 is 16.4 Å². The number of fused-ring (bicyclic) bond motifs is 1. The van der Waals surface area contributed by atoms with E-state index in [1.807, 2.05) is 79.5 Å². The van der Waals surface area contributed by atoms with Crippen LogP contribution in [-0.4, -0.2) is 58.9 Å². The maximum Gasteiger partial charge on any atom is 0.264 e. The predicted octanol–water partition coefficient (Wildman–Crippen LogP) is 2.26. The lowest BCUT2D eigenvalue weighted by Crippen LogP contribution is -2.42. The largest absolute Gasteiger partial charge is 0.377 e. The number of aliphatic imine (C=N–C) groups is 1. The second-order valence-electron chi connectivity index (χ2n) is 8.86. The highest BCUT2D eigenvalue weighted by Crippen LogP contribution is 2.30. The first-order valence-electron chi connectivity index (χ1n) is 11.7. The molecule has 9 nitrogen and oxygen atoms in total. The molecule has 0 aliphatic heterocycles. The van der Waals surface area contributed by atoms with E-state index < -0.39 is 22.0 Å². The fourth-order valence-corrected chi connectivity index (χ4v) is 5.33. The molecule has 0 saturated heterocycles. The number of anilines is 1. The van der Waals surface area contributed by atoms with Crippen molar-refractivity contribution in [2.75, 3.05) is 32.6 Å². The Morgan fingerprint density at radius 3 is 2.28 bits per heavy atom. The van der Waals surface area contributed by atoms with Crippen LogP contribution in [0.15, 0.2) is 76.6 Å². The summed E-state index contributed by atoms with van der Waals surface area (Å²) >= 11 is 0. The lowest BCUT2D eigenvalue weighted by atomic mass is 10.1. The third-order valence-electron chi connectivity index (χ3n) is 5.92. The second-order valence-corrected chi connectivity index (χ2v) is 10.5. The molecule has 0 heterocycles. The number of benzene rings is 3. The number of hydrogen-bond donors (Lipinski definition) is 3. The molecule has 36 heavy (non-hydrogen) atoms. The number of likely N-dealkylation sites (N-methyl/N-ethyl adjacent to an activating group) is 1. The van der Waals surface area contributed by atoms with Crippen molar-refractivity contribution in [3.8, 4) is 0 Å². The van der Waals surface area contributed by atoms with E-state index in [1.54, 1.807) is 12.1 Å². The van der Waals surface area contributed by atoms with E-state index in [0.717, 1.165) is 16.6 Å². The fourth-order valence-electron chi connectivity index (χ4n) is 4.16. The van der Waals surface area contributed by atoms with Crippen molar-refractivity contribution in [1.82, 2.24) is 9.62 Å². The summed E-state index contributed by atoms with van der Waals surface area (Å²) < 4.78 is 28.5. The molecule has 3 rings (SSSR count). The molecule has 0 radical (unpaired) electrons. The molecule has 3 aromatic carbocycles. The Kier molecular flexibility index (Phi) is 8.89. The van der Waals surface area contributed by atoms with E-state index in [9.17, 15) is 13.2 Å². The van der Waals surface area contributed by atoms with Gasteiger partial charge in [-0.05, 0) is 37.6 Å². The molecular formula is C26H34N6O3S. The van der Waals surface area contributed by atoms with Crippen LogP contribution in [-0.2, 0) is 21.4 Å². The Bertz CT molecular complexity index is 1330. The number of nitrogens with zero attached hydrogens (tertiary/aromatic N) is 3. The van der Waals surface area contributed by atoms with Crippen LogP contribution in [0.3, 0.4) is 0 Å². The summed E-state index contributed by atoms with van der Waals surface area (Å²) in [7, 11) is 1.70. The van der Waals surface area contributed by atoms with Crippen molar-refractivity contribution in [2.45, 2.75) is 30.3 Å². The molecule has 10 heteroatoms. The van der Waals surface area contributed by atoms with Crippen molar-refractivity contribution in [3.05, 3.63) is 72.3 Å². The van der Waals surface area contributed by atoms with Gasteiger partial charge in [-0.1, -0.05) is 54.6 Å². The minimum atomic E-state index is -3.95. The average Bonchev–Trinajstić information content (AvgIpc) is 2.83. The highest BCUT2D eigenvalue weighted by atomic mass is 32.2. The van der Waals surface area contributed by atoms with Crippen molar-refractivity contribution < 1.29 is 13.2 Å². The van der Waals surface area contributed by atoms with E-state index in [4.69, 9.17) is 11.5 Å². The molecule has 192 valence electrons. The van der Waals surface area contributed by atoms with Gasteiger partial charge in [0.25, 0.3) is 10.0 Å². The van der Waals surface area contributed by atoms with Gasteiger partial charge in [0.05, 0.1) is 10.9 Å². The van der Waals surface area contributed by atoms with Gasteiger partial charge in [0.15, 0.2) is 0 Å². The lowest BCUT2D eigenvalue weighted by molar-refractivity contribution is -0.123. The summed E-state index contributed by atoms with van der Waals surface area (Å²) in [6.45, 7) is 0.831. The summed E-state index contributed by atoms with van der Waals surface area (Å²) in [6.07, 6.45) is 0.981. The summed E-state index contributed by atoms with van der Waals surface area (Å²) in [5, 5.41) is 1.41. The van der Waals surface area contributed by atoms with Crippen molar-refractivity contribution in [1.29, 1.82) is 0 Å². The van der Waals surface area contributed by atoms with Gasteiger partial charge in [-0.25, -0.2) is 13.1 Å². The van der Waals surface area contributed by atoms with Gasteiger partial charge in [0.1, 0.15) is 0 Å². The predicted molar refractivity (Wildman–Crippen MR) is 145 cm³/mol. The first-order chi connectivity index (χ1) is 17.1. The van der Waals surface area contributed by atoms with Crippen LogP contribution in [0.2, 0.25) is 0 Å². The maximum absolute atomic E-state index is 13.1. The summed E-state index contributed by atoms with van der Waals surface area (Å²) in [6, 6.07) is 20.0. The normalized spacial score (nSPS) is 13.1. The molecule has 1 amide bonds. The second kappa shape index (κ2) is 11.9. The lowest BCUT2D eigenvalue weighted by Gasteiger charge is -2.25. The quantitative estimate of drug-likeness (QED) is 0.206. The molecule has 0 saturated carbocycles. The molecule has 5 N–H and O–H groups in total. The fraction of sp³-hybridized carbons (Fsp3) is 0.308. The zero-order chi connectivity index (χ0) is 26.3. The third kappa shape index (κ3) is 6.73. The van der Waals surface area contributed by atoms with Crippen LogP contribution >= 0.6 is 0 Å². The molecule has 0 spiro atoms. The number of guanidine groups is 1. The SMILES string of the molecule is CN(C)c1cccc2c(S(=O)(=O)NC(N)=NCCC[C@@H](C(N)=O)N(C)Cc3ccccc3)cccc12. The Morgan fingerprint density at radius 2 is 1.61 bits per heavy atom. The average molecular weight is 511 g/mol. The highest BCUT2D eigenvalue weighted by Gasteiger charge is 2.21. The van der Waals surface area contributed by atoms with Gasteiger partial charge in [-0.15, -0.1) is 0 Å². The first-order valence-corrected chi connectivity index (χ1v) is 13.1. The van der Waals surface area contributed by atoms with E-state index in [0.29, 0.717) is 24.8 Å². The molecule has 3 aromatic rings. The van der Waals surface area contributed by atoms with Gasteiger partial charge in [0.2, 0.25) is 11.9 Å². The van der Waals surface area contributed by atoms with E-state index in [1.165, 1.54) is 6.07 Å². The van der Waals surface area contributed by atoms with Crippen LogP contribution in [0.4, 0.5) is 5.69 Å². The molecule has 0 aliphatic carbocycles. The highest BCUT2D eigenvalue weighted by molar-refractivity contribution is 7.90. The van der Waals surface area contributed by atoms with Gasteiger partial charge in [-0.2, -0.15) is 0 Å². The molecule has 0 aromatic heterocycles. The maximum atomic E-state index is 13.1. The molecule has 0 fully saturated rings. The number of nitrogens with two attached hydrogens (primary N) is 2. The third-order valence-corrected chi connectivity index (χ3v) is 7.34. The number of sulfonamides is 1. The number of carbonyl (C=O) groups excluding carboxylic acids is 1. The molecule has 0 aliphatic rings. The van der Waals surface area contributed by atoms with Gasteiger partial charge in [0, 0.05) is 43.6 Å². The first kappa shape index (κ1) is 27.0. The standard InChI is InChI=1S/C26H34N6O3S/c1-31(2)22-14-7-13-21-20(22)12-8-16-24(21)36(34,35)30-26(28)29-17-9-15-23(25(27)33)32(3)18-19-10-5-4-6-11-19/h4-8,10-14,16,23H,9,15,17-18H2,1-3H3,(H2,27,33)(H3,28,29,30)/t23-/m0/s1. The summed E-state index contributed by atoms with van der Waals surface area (Å²) in [5.74, 6) is -0.622. The van der Waals surface area contributed by atoms with Crippen molar-refractivity contribution in [3.63, 3.8) is 0 Å². The number of hydrogen-bond acceptors (Lipinski definition) is 6. The van der Waals surface area contributed by atoms with E-state index >= 15 is 0 Å². The summed E-state index contributed by atoms with van der Waals surface area (Å²) in [5.41, 5.74) is 13.5. The molecule has 0 unspecified atom stereocenters. The smallest absolute Gasteiger partial charge is 0.264 e. The van der Waals surface area contributed by atoms with E-state index in [-0.39, 0.29) is 17.4 Å². The van der Waals surface area contributed by atoms with E-state index in [2.05, 4.69) is 9.71 Å². The number of primary amides is 1. The minimum absolute atomic E-state index is 0.123. The topological polar surface area (TPSA) is 134 Å². The van der Waals surface area contributed by atoms with Crippen molar-refractivity contribution in [2.24, 2.45) is 16.5 Å². The number of nitrogens with one attached hydrogen (secondary N) is 1. The van der Waals surface area contributed by atoms with Crippen LogP contribution in [0.25, 0.3) is 10.8 Å². The number of rotatable bonds is 11. The number of carbonyl (C=O) groups is 1. The molecule has 0 bridgehead atoms. The van der Waals surface area contributed by atoms with Gasteiger partial charge in [-0.3, -0.25) is 14.7 Å². The van der Waals surface area contributed by atoms with Gasteiger partial charge >= 0.3 is 0 Å². The van der Waals surface area contributed by atoms with Crippen molar-refractivity contribution >= 4 is 38.3 Å². The Balaban J connectivity index is 1.64. The Labute approximate surface area is 212 Å². The zero-order valence-electron chi connectivity index (χ0n) is 20.9. The monoisotopic (exact) mass is 510 g/mol. The molecule has 1 atom stereocenters. The minimum Gasteiger partial charge on any atom is -0.377 e. The summed E-state index contributed by atoms with van der Waals surface area (Å²) in [4.78, 5) is 20.1. The van der Waals surface area contributed by atoms with Crippen LogP contribution < -0.4 is 21.1 Å². The Hall–Kier alpha value is -3.63. The Morgan fingerprint density at radius 1 is 0.944 bits per heavy atom. The van der Waals surface area contributed by atoms with Crippen LogP contribution in [0.5, 0.6) is 0 Å². The zero-order valence-corrected chi connectivity index (χ0v) is 21.7. The van der Waals surface area contributed by atoms with Crippen LogP contribution in [0, 0.1) is 0 Å². The molecular weight excluding hydrogens is 476 g/mol. The van der Waals surface area contributed by atoms with Crippen LogP contribution in [0.1, 0.15) is 18.4 Å².